The lowest BCUT2D eigenvalue weighted by Gasteiger charge is -2.05. The molecule has 0 radical (unpaired) electrons. The molecule has 1 atom stereocenters. The number of nitrogens with zero attached hydrogens (tertiary/aromatic N) is 3. The van der Waals surface area contributed by atoms with E-state index < -0.39 is 0 Å². The number of aromatic nitrogens is 3. The topological polar surface area (TPSA) is 42.7 Å². The molecule has 92 valence electrons. The fourth-order valence-electron chi connectivity index (χ4n) is 1.65. The van der Waals surface area contributed by atoms with Crippen LogP contribution in [0.25, 0.3) is 10.7 Å². The normalized spacial score (nSPS) is 12.9. The smallest absolute Gasteiger partial charge is 0.141 e. The minimum Gasteiger partial charge on any atom is -0.312 e. The van der Waals surface area contributed by atoms with Gasteiger partial charge in [-0.3, -0.25) is 4.68 Å². The summed E-state index contributed by atoms with van der Waals surface area (Å²) in [5, 5.41) is 8.60. The van der Waals surface area contributed by atoms with Crippen molar-refractivity contribution in [3.05, 3.63) is 23.3 Å². The van der Waals surface area contributed by atoms with E-state index in [9.17, 15) is 0 Å². The molecule has 0 saturated carbocycles. The molecule has 5 heteroatoms. The molecule has 4 nitrogen and oxygen atoms in total. The first kappa shape index (κ1) is 12.3. The van der Waals surface area contributed by atoms with Crippen LogP contribution in [-0.2, 0) is 6.54 Å². The van der Waals surface area contributed by atoms with Gasteiger partial charge in [0.05, 0.1) is 5.69 Å². The summed E-state index contributed by atoms with van der Waals surface area (Å²) in [6, 6.07) is 2.38. The van der Waals surface area contributed by atoms with Crippen molar-refractivity contribution in [1.29, 1.82) is 0 Å². The molecular weight excluding hydrogens is 232 g/mol. The summed E-state index contributed by atoms with van der Waals surface area (Å²) in [6.07, 6.45) is 4.87. The number of thiazole rings is 1. The van der Waals surface area contributed by atoms with E-state index in [1.807, 2.05) is 30.2 Å². The Bertz CT molecular complexity index is 474. The lowest BCUT2D eigenvalue weighted by molar-refractivity contribution is 0.609. The van der Waals surface area contributed by atoms with E-state index in [4.69, 9.17) is 0 Å². The summed E-state index contributed by atoms with van der Waals surface area (Å²) in [5.41, 5.74) is 1.12. The first-order chi connectivity index (χ1) is 8.26. The molecule has 2 aromatic heterocycles. The molecule has 0 aliphatic heterocycles. The summed E-state index contributed by atoms with van der Waals surface area (Å²) < 4.78 is 2.02. The van der Waals surface area contributed by atoms with Gasteiger partial charge in [-0.25, -0.2) is 4.98 Å². The molecule has 1 unspecified atom stereocenters. The van der Waals surface area contributed by atoms with Crippen molar-refractivity contribution in [1.82, 2.24) is 20.1 Å². The van der Waals surface area contributed by atoms with Gasteiger partial charge in [0.25, 0.3) is 0 Å². The fourth-order valence-corrected chi connectivity index (χ4v) is 2.66. The number of hydrogen-bond donors (Lipinski definition) is 1. The minimum absolute atomic E-state index is 0.351. The van der Waals surface area contributed by atoms with Crippen molar-refractivity contribution in [2.75, 3.05) is 7.05 Å². The third kappa shape index (κ3) is 2.56. The maximum Gasteiger partial charge on any atom is 0.141 e. The summed E-state index contributed by atoms with van der Waals surface area (Å²) in [4.78, 5) is 5.74. The van der Waals surface area contributed by atoms with Crippen LogP contribution in [0.4, 0.5) is 0 Å². The second-order valence-corrected chi connectivity index (χ2v) is 5.08. The van der Waals surface area contributed by atoms with Gasteiger partial charge in [0, 0.05) is 29.9 Å². The Balaban J connectivity index is 2.27. The Morgan fingerprint density at radius 2 is 2.35 bits per heavy atom. The van der Waals surface area contributed by atoms with Crippen LogP contribution in [0.3, 0.4) is 0 Å². The largest absolute Gasteiger partial charge is 0.312 e. The van der Waals surface area contributed by atoms with E-state index in [1.54, 1.807) is 11.3 Å². The lowest BCUT2D eigenvalue weighted by atomic mass is 10.3. The van der Waals surface area contributed by atoms with Gasteiger partial charge in [0.1, 0.15) is 5.01 Å². The van der Waals surface area contributed by atoms with E-state index in [0.29, 0.717) is 6.04 Å². The molecule has 2 aromatic rings. The van der Waals surface area contributed by atoms with E-state index in [1.165, 1.54) is 4.88 Å². The molecule has 0 amide bonds. The highest BCUT2D eigenvalue weighted by Gasteiger charge is 2.12. The van der Waals surface area contributed by atoms with Gasteiger partial charge in [-0.15, -0.1) is 11.3 Å². The molecule has 17 heavy (non-hydrogen) atoms. The maximum absolute atomic E-state index is 4.49. The zero-order chi connectivity index (χ0) is 12.3. The Labute approximate surface area is 106 Å². The highest BCUT2D eigenvalue weighted by atomic mass is 32.1. The quantitative estimate of drug-likeness (QED) is 0.887. The summed E-state index contributed by atoms with van der Waals surface area (Å²) in [6.45, 7) is 5.24. The second-order valence-electron chi connectivity index (χ2n) is 4.02. The van der Waals surface area contributed by atoms with E-state index in [-0.39, 0.29) is 0 Å². The summed E-state index contributed by atoms with van der Waals surface area (Å²) >= 11 is 1.73. The highest BCUT2D eigenvalue weighted by Crippen LogP contribution is 2.28. The third-order valence-electron chi connectivity index (χ3n) is 2.75. The van der Waals surface area contributed by atoms with Gasteiger partial charge in [-0.05, 0) is 26.5 Å². The van der Waals surface area contributed by atoms with Crippen molar-refractivity contribution in [2.24, 2.45) is 0 Å². The molecule has 0 saturated heterocycles. The van der Waals surface area contributed by atoms with Crippen LogP contribution in [0.1, 0.15) is 31.2 Å². The Kier molecular flexibility index (Phi) is 3.91. The molecular formula is C12H18N4S. The predicted octanol–water partition coefficient (Wildman–Crippen LogP) is 2.70. The van der Waals surface area contributed by atoms with Gasteiger partial charge in [0.15, 0.2) is 0 Å². The van der Waals surface area contributed by atoms with E-state index in [2.05, 4.69) is 29.2 Å². The molecule has 0 aliphatic rings. The van der Waals surface area contributed by atoms with Crippen LogP contribution < -0.4 is 5.32 Å². The van der Waals surface area contributed by atoms with Gasteiger partial charge in [-0.2, -0.15) is 5.10 Å². The lowest BCUT2D eigenvalue weighted by Crippen LogP contribution is -2.10. The van der Waals surface area contributed by atoms with Crippen LogP contribution in [0.5, 0.6) is 0 Å². The van der Waals surface area contributed by atoms with Crippen LogP contribution in [-0.4, -0.2) is 21.8 Å². The van der Waals surface area contributed by atoms with E-state index in [0.717, 1.165) is 23.7 Å². The Morgan fingerprint density at radius 1 is 1.53 bits per heavy atom. The van der Waals surface area contributed by atoms with Crippen LogP contribution >= 0.6 is 11.3 Å². The third-order valence-corrected chi connectivity index (χ3v) is 3.96. The molecule has 0 spiro atoms. The molecule has 1 N–H and O–H groups in total. The SMILES string of the molecule is CCCn1nccc1-c1ncc(C(C)NC)s1. The monoisotopic (exact) mass is 250 g/mol. The minimum atomic E-state index is 0.351. The summed E-state index contributed by atoms with van der Waals surface area (Å²) in [5.74, 6) is 0. The van der Waals surface area contributed by atoms with Gasteiger partial charge < -0.3 is 5.32 Å². The average molecular weight is 250 g/mol. The fraction of sp³-hybridized carbons (Fsp3) is 0.500. The zero-order valence-corrected chi connectivity index (χ0v) is 11.3. The predicted molar refractivity (Wildman–Crippen MR) is 71.1 cm³/mol. The summed E-state index contributed by atoms with van der Waals surface area (Å²) in [7, 11) is 1.96. The first-order valence-corrected chi connectivity index (χ1v) is 6.73. The van der Waals surface area contributed by atoms with Crippen LogP contribution in [0, 0.1) is 0 Å². The van der Waals surface area contributed by atoms with Gasteiger partial charge in [-0.1, -0.05) is 6.92 Å². The van der Waals surface area contributed by atoms with E-state index >= 15 is 0 Å². The second kappa shape index (κ2) is 5.42. The first-order valence-electron chi connectivity index (χ1n) is 5.91. The van der Waals surface area contributed by atoms with Crippen molar-refractivity contribution in [3.8, 4) is 10.7 Å². The number of nitrogens with one attached hydrogen (secondary N) is 1. The van der Waals surface area contributed by atoms with Gasteiger partial charge in [0.2, 0.25) is 0 Å². The van der Waals surface area contributed by atoms with Crippen molar-refractivity contribution in [2.45, 2.75) is 32.9 Å². The average Bonchev–Trinajstić information content (AvgIpc) is 2.96. The molecule has 0 aromatic carbocycles. The Morgan fingerprint density at radius 3 is 3.06 bits per heavy atom. The standard InChI is InChI=1S/C12H18N4S/c1-4-7-16-10(5-6-15-16)12-14-8-11(17-12)9(2)13-3/h5-6,8-9,13H,4,7H2,1-3H3. The highest BCUT2D eigenvalue weighted by molar-refractivity contribution is 7.15. The van der Waals surface area contributed by atoms with Gasteiger partial charge >= 0.3 is 0 Å². The van der Waals surface area contributed by atoms with Crippen LogP contribution in [0.15, 0.2) is 18.5 Å². The number of rotatable bonds is 5. The van der Waals surface area contributed by atoms with Crippen molar-refractivity contribution >= 4 is 11.3 Å². The maximum atomic E-state index is 4.49. The van der Waals surface area contributed by atoms with Crippen molar-refractivity contribution in [3.63, 3.8) is 0 Å². The molecule has 2 heterocycles. The zero-order valence-electron chi connectivity index (χ0n) is 10.5. The molecule has 0 aliphatic carbocycles. The molecule has 0 bridgehead atoms. The van der Waals surface area contributed by atoms with Crippen LogP contribution in [0.2, 0.25) is 0 Å². The molecule has 0 fully saturated rings. The Hall–Kier alpha value is -1.20. The number of aryl methyl sites for hydroxylation is 1. The number of hydrogen-bond acceptors (Lipinski definition) is 4. The van der Waals surface area contributed by atoms with Crippen molar-refractivity contribution < 1.29 is 0 Å². The molecule has 2 rings (SSSR count).